The van der Waals surface area contributed by atoms with Gasteiger partial charge in [0.1, 0.15) is 11.2 Å². The van der Waals surface area contributed by atoms with Crippen molar-refractivity contribution in [3.05, 3.63) is 115 Å². The minimum absolute atomic E-state index is 0.178. The molecule has 0 radical (unpaired) electrons. The first-order valence-electron chi connectivity index (χ1n) is 22.6. The van der Waals surface area contributed by atoms with Crippen LogP contribution in [0.3, 0.4) is 0 Å². The summed E-state index contributed by atoms with van der Waals surface area (Å²) in [6, 6.07) is -13.8. The van der Waals surface area contributed by atoms with Crippen molar-refractivity contribution in [3.8, 4) is 22.3 Å². The normalized spacial score (nSPS) is 22.6. The van der Waals surface area contributed by atoms with Crippen molar-refractivity contribution in [1.82, 2.24) is 0 Å². The molecule has 1 aliphatic rings. The summed E-state index contributed by atoms with van der Waals surface area (Å²) in [5.41, 5.74) is -5.51. The molecule has 204 valence electrons. The fraction of sp³-hybridized carbons (Fsp3) is 0.158. The zero-order valence-electron chi connectivity index (χ0n) is 41.8. The van der Waals surface area contributed by atoms with Crippen LogP contribution in [0.15, 0.2) is 119 Å². The fourth-order valence-corrected chi connectivity index (χ4v) is 4.84. The van der Waals surface area contributed by atoms with Crippen molar-refractivity contribution in [1.29, 1.82) is 0 Å². The van der Waals surface area contributed by atoms with E-state index >= 15 is 0 Å². The lowest BCUT2D eigenvalue weighted by Gasteiger charge is -2.32. The molecule has 3 nitrogen and oxygen atoms in total. The fourth-order valence-electron chi connectivity index (χ4n) is 4.84. The van der Waals surface area contributed by atoms with Gasteiger partial charge >= 0.3 is 7.12 Å². The summed E-state index contributed by atoms with van der Waals surface area (Å²) < 4.78 is 187. The molecule has 6 aromatic carbocycles. The Balaban J connectivity index is 1.54. The second kappa shape index (κ2) is 9.06. The van der Waals surface area contributed by atoms with Crippen LogP contribution in [0.4, 0.5) is 0 Å². The van der Waals surface area contributed by atoms with E-state index in [1.54, 1.807) is 27.7 Å². The monoisotopic (exact) mass is 565 g/mol. The van der Waals surface area contributed by atoms with Crippen molar-refractivity contribution in [3.63, 3.8) is 0 Å². The Kier molecular flexibility index (Phi) is 2.69. The summed E-state index contributed by atoms with van der Waals surface area (Å²) in [5.74, 6) is 0. The Morgan fingerprint density at radius 2 is 1.14 bits per heavy atom. The predicted octanol–water partition coefficient (Wildman–Crippen LogP) is 9.53. The molecule has 2 heterocycles. The molecule has 1 aromatic heterocycles. The predicted molar refractivity (Wildman–Crippen MR) is 175 cm³/mol. The van der Waals surface area contributed by atoms with Gasteiger partial charge in [-0.1, -0.05) is 96.7 Å². The van der Waals surface area contributed by atoms with E-state index in [9.17, 15) is 11.0 Å². The summed E-state index contributed by atoms with van der Waals surface area (Å²) in [6.45, 7) is 6.90. The van der Waals surface area contributed by atoms with Crippen molar-refractivity contribution < 1.29 is 39.8 Å². The maximum Gasteiger partial charge on any atom is 0.495 e. The third kappa shape index (κ3) is 3.90. The van der Waals surface area contributed by atoms with Crippen molar-refractivity contribution in [2.75, 3.05) is 0 Å². The molecule has 1 saturated heterocycles. The molecular formula is C38H31BO3. The molecule has 7 aromatic rings. The van der Waals surface area contributed by atoms with Crippen LogP contribution in [0, 0.1) is 0 Å². The molecule has 0 aliphatic carbocycles. The first-order valence-corrected chi connectivity index (χ1v) is 13.1. The van der Waals surface area contributed by atoms with Gasteiger partial charge in [0.05, 0.1) is 37.2 Å². The van der Waals surface area contributed by atoms with E-state index in [0.717, 1.165) is 0 Å². The van der Waals surface area contributed by atoms with Crippen LogP contribution < -0.4 is 5.46 Å². The molecular weight excluding hydrogens is 515 g/mol. The van der Waals surface area contributed by atoms with Crippen LogP contribution >= 0.6 is 0 Å². The third-order valence-corrected chi connectivity index (χ3v) is 7.77. The SMILES string of the molecule is [2H]c1c([2H])c(-c2c([2H])c([2H])c(B3OC(C)(C)C(C)(C)O3)c3c2oc2c([2H])c4c([2H])c([2H])c([2H])c([2H])c4c([2H])c23)c([2H])c([2H])c1-c1c([2H])c([2H])c2c([2H])c([2H])c([2H])c([2H])c2c1[2H]. The van der Waals surface area contributed by atoms with Crippen molar-refractivity contribution in [2.45, 2.75) is 38.9 Å². The van der Waals surface area contributed by atoms with E-state index < -0.39 is 177 Å². The van der Waals surface area contributed by atoms with Crippen molar-refractivity contribution in [2.24, 2.45) is 0 Å². The van der Waals surface area contributed by atoms with Crippen LogP contribution in [-0.4, -0.2) is 18.3 Å². The largest absolute Gasteiger partial charge is 0.495 e. The van der Waals surface area contributed by atoms with Gasteiger partial charge in [-0.15, -0.1) is 0 Å². The minimum atomic E-state index is -1.43. The molecule has 4 heteroatoms. The van der Waals surface area contributed by atoms with Gasteiger partial charge in [-0.3, -0.25) is 0 Å². The Morgan fingerprint density at radius 1 is 0.571 bits per heavy atom. The van der Waals surface area contributed by atoms with Gasteiger partial charge < -0.3 is 13.7 Å². The highest BCUT2D eigenvalue weighted by atomic mass is 16.7. The Hall–Kier alpha value is -4.38. The number of hydrogen-bond donors (Lipinski definition) is 0. The average Bonchev–Trinajstić information content (AvgIpc) is 3.68. The lowest BCUT2D eigenvalue weighted by molar-refractivity contribution is 0.00578. The summed E-state index contributed by atoms with van der Waals surface area (Å²) in [7, 11) is -1.43. The zero-order valence-corrected chi connectivity index (χ0v) is 22.8. The summed E-state index contributed by atoms with van der Waals surface area (Å²) in [5, 5.41) is -2.08. The molecule has 1 aliphatic heterocycles. The standard InChI is InChI=1S/C38H31BO3/c1-37(2)38(3,4)42-39(41-37)33-20-19-31(36-35(33)32-22-28-11-7-8-12-29(28)23-34(32)40-36)26-16-13-25(14-17-26)30-18-15-24-9-5-6-10-27(24)21-30/h5-23H,1-4H3/i5D,6D,7D,8D,9D,10D,11D,12D,13D,14D,15D,16D,17D,18D,19D,20D,21D,22D,23D. The van der Waals surface area contributed by atoms with E-state index in [-0.39, 0.29) is 27.0 Å². The molecule has 0 N–H and O–H groups in total. The smallest absolute Gasteiger partial charge is 0.455 e. The quantitative estimate of drug-likeness (QED) is 0.200. The number of hydrogen-bond acceptors (Lipinski definition) is 3. The van der Waals surface area contributed by atoms with E-state index in [4.69, 9.17) is 28.8 Å². The Bertz CT molecular complexity index is 3170. The van der Waals surface area contributed by atoms with Gasteiger partial charge in [-0.05, 0) is 89.5 Å². The van der Waals surface area contributed by atoms with Crippen LogP contribution in [0.1, 0.15) is 53.7 Å². The number of furan rings is 1. The average molecular weight is 566 g/mol. The van der Waals surface area contributed by atoms with Crippen LogP contribution in [0.25, 0.3) is 65.7 Å². The Morgan fingerprint density at radius 3 is 1.83 bits per heavy atom. The molecule has 0 atom stereocenters. The summed E-state index contributed by atoms with van der Waals surface area (Å²) >= 11 is 0. The molecule has 0 bridgehead atoms. The number of rotatable bonds is 3. The van der Waals surface area contributed by atoms with E-state index in [2.05, 4.69) is 0 Å². The lowest BCUT2D eigenvalue weighted by Crippen LogP contribution is -2.41. The van der Waals surface area contributed by atoms with Gasteiger partial charge in [0.25, 0.3) is 0 Å². The third-order valence-electron chi connectivity index (χ3n) is 7.77. The molecule has 0 unspecified atom stereocenters. The first kappa shape index (κ1) is 12.5. The highest BCUT2D eigenvalue weighted by Crippen LogP contribution is 2.41. The molecule has 1 fully saturated rings. The molecule has 0 spiro atoms. The maximum atomic E-state index is 9.41. The minimum Gasteiger partial charge on any atom is -0.455 e. The highest BCUT2D eigenvalue weighted by Gasteiger charge is 2.52. The number of fused-ring (bicyclic) bond motifs is 5. The van der Waals surface area contributed by atoms with E-state index in [0.29, 0.717) is 0 Å². The summed E-state index contributed by atoms with van der Waals surface area (Å²) in [6.07, 6.45) is 0. The summed E-state index contributed by atoms with van der Waals surface area (Å²) in [4.78, 5) is 0. The number of benzene rings is 6. The van der Waals surface area contributed by atoms with E-state index in [1.807, 2.05) is 0 Å². The zero-order chi connectivity index (χ0) is 45.2. The molecule has 0 amide bonds. The maximum absolute atomic E-state index is 9.41. The Labute approximate surface area is 272 Å². The first-order chi connectivity index (χ1) is 28.2. The van der Waals surface area contributed by atoms with Gasteiger partial charge in [-0.25, -0.2) is 0 Å². The van der Waals surface area contributed by atoms with Gasteiger partial charge in [0, 0.05) is 16.3 Å². The van der Waals surface area contributed by atoms with Crippen LogP contribution in [0.2, 0.25) is 0 Å². The van der Waals surface area contributed by atoms with Gasteiger partial charge in [0.15, 0.2) is 0 Å². The van der Waals surface area contributed by atoms with E-state index in [1.165, 1.54) is 0 Å². The van der Waals surface area contributed by atoms with Crippen LogP contribution in [-0.2, 0) is 9.31 Å². The second-order valence-corrected chi connectivity index (χ2v) is 10.9. The lowest BCUT2D eigenvalue weighted by atomic mass is 9.75. The molecule has 0 saturated carbocycles. The molecule has 42 heavy (non-hydrogen) atoms. The topological polar surface area (TPSA) is 31.6 Å². The van der Waals surface area contributed by atoms with Gasteiger partial charge in [0.2, 0.25) is 0 Å². The molecule has 8 rings (SSSR count). The van der Waals surface area contributed by atoms with Crippen molar-refractivity contribution >= 4 is 56.1 Å². The van der Waals surface area contributed by atoms with Gasteiger partial charge in [-0.2, -0.15) is 0 Å². The second-order valence-electron chi connectivity index (χ2n) is 10.9. The van der Waals surface area contributed by atoms with Crippen LogP contribution in [0.5, 0.6) is 0 Å². The highest BCUT2D eigenvalue weighted by molar-refractivity contribution is 6.66.